The summed E-state index contributed by atoms with van der Waals surface area (Å²) in [4.78, 5) is 29.6. The maximum absolute atomic E-state index is 13.1. The molecule has 1 atom stereocenters. The van der Waals surface area contributed by atoms with Crippen LogP contribution in [0.25, 0.3) is 11.0 Å². The average molecular weight is 463 g/mol. The minimum Gasteiger partial charge on any atom is -0.492 e. The number of ether oxygens (including phenoxy) is 2. The predicted molar refractivity (Wildman–Crippen MR) is 129 cm³/mol. The molecule has 7 heteroatoms. The summed E-state index contributed by atoms with van der Waals surface area (Å²) < 4.78 is 16.7. The van der Waals surface area contributed by atoms with Crippen LogP contribution in [0, 0.1) is 6.92 Å². The summed E-state index contributed by atoms with van der Waals surface area (Å²) in [6.07, 6.45) is 3.42. The number of esters is 1. The van der Waals surface area contributed by atoms with E-state index in [0.717, 1.165) is 41.8 Å². The second-order valence-electron chi connectivity index (χ2n) is 9.24. The molecule has 0 N–H and O–H groups in total. The molecule has 0 saturated carbocycles. The van der Waals surface area contributed by atoms with E-state index < -0.39 is 0 Å². The summed E-state index contributed by atoms with van der Waals surface area (Å²) in [7, 11) is 1.45. The highest BCUT2D eigenvalue weighted by Crippen LogP contribution is 2.28. The molecule has 2 aromatic carbocycles. The molecular weight excluding hydrogens is 432 g/mol. The lowest BCUT2D eigenvalue weighted by Gasteiger charge is -2.23. The molecule has 7 nitrogen and oxygen atoms in total. The van der Waals surface area contributed by atoms with Crippen LogP contribution in [0.5, 0.6) is 5.75 Å². The Morgan fingerprint density at radius 1 is 1.15 bits per heavy atom. The lowest BCUT2D eigenvalue weighted by atomic mass is 10.1. The number of benzene rings is 2. The van der Waals surface area contributed by atoms with Gasteiger partial charge in [-0.25, -0.2) is 0 Å². The molecule has 0 bridgehead atoms. The van der Waals surface area contributed by atoms with Crippen molar-refractivity contribution in [3.63, 3.8) is 0 Å². The number of hydrogen-bond donors (Lipinski definition) is 0. The Morgan fingerprint density at radius 3 is 2.88 bits per heavy atom. The van der Waals surface area contributed by atoms with Crippen molar-refractivity contribution >= 4 is 16.9 Å². The van der Waals surface area contributed by atoms with E-state index in [2.05, 4.69) is 21.9 Å². The van der Waals surface area contributed by atoms with Crippen molar-refractivity contribution < 1.29 is 18.7 Å². The van der Waals surface area contributed by atoms with Gasteiger partial charge >= 0.3 is 5.97 Å². The first-order chi connectivity index (χ1) is 16.5. The first kappa shape index (κ1) is 22.6. The first-order valence-electron chi connectivity index (χ1n) is 11.8. The minimum atomic E-state index is -0.174. The van der Waals surface area contributed by atoms with Crippen LogP contribution in [0.2, 0.25) is 0 Å². The molecule has 1 aromatic heterocycles. The van der Waals surface area contributed by atoms with Crippen LogP contribution in [0.1, 0.15) is 35.1 Å². The zero-order valence-corrected chi connectivity index (χ0v) is 19.7. The zero-order chi connectivity index (χ0) is 23.7. The number of carbonyl (C=O) groups is 1. The monoisotopic (exact) mass is 462 g/mol. The number of aryl methyl sites for hydroxylation is 1. The quantitative estimate of drug-likeness (QED) is 0.536. The third-order valence-electron chi connectivity index (χ3n) is 6.80. The van der Waals surface area contributed by atoms with Gasteiger partial charge in [0.25, 0.3) is 0 Å². The lowest BCUT2D eigenvalue weighted by Crippen LogP contribution is -2.36. The molecule has 0 amide bonds. The summed E-state index contributed by atoms with van der Waals surface area (Å²) in [5.41, 5.74) is 4.54. The largest absolute Gasteiger partial charge is 0.492 e. The molecule has 1 fully saturated rings. The van der Waals surface area contributed by atoms with Gasteiger partial charge in [0.05, 0.1) is 18.8 Å². The van der Waals surface area contributed by atoms with Crippen LogP contribution >= 0.6 is 0 Å². The van der Waals surface area contributed by atoms with Gasteiger partial charge in [0.15, 0.2) is 5.43 Å². The van der Waals surface area contributed by atoms with Crippen molar-refractivity contribution in [1.82, 2.24) is 9.80 Å². The van der Waals surface area contributed by atoms with E-state index in [1.54, 1.807) is 6.26 Å². The minimum absolute atomic E-state index is 0.0203. The summed E-state index contributed by atoms with van der Waals surface area (Å²) in [5, 5.41) is 0.622. The predicted octanol–water partition coefficient (Wildman–Crippen LogP) is 3.63. The highest BCUT2D eigenvalue weighted by Gasteiger charge is 2.31. The van der Waals surface area contributed by atoms with Crippen molar-refractivity contribution in [3.8, 4) is 5.75 Å². The van der Waals surface area contributed by atoms with E-state index >= 15 is 0 Å². The maximum Gasteiger partial charge on any atom is 0.323 e. The fourth-order valence-corrected chi connectivity index (χ4v) is 5.02. The standard InChI is InChI=1S/C27H30N2O5/c1-18-5-7-25-22(12-18)26(30)21(17-34-25)16-28-10-11-33-24-8-6-19(13-20(24)15-28)14-29-9-3-4-23(29)27(31)32-2/h5-8,12-13,17,23H,3-4,9-11,14-16H2,1-2H3/t23-/m0/s1. The van der Waals surface area contributed by atoms with Crippen LogP contribution in [0.3, 0.4) is 0 Å². The smallest absolute Gasteiger partial charge is 0.323 e. The van der Waals surface area contributed by atoms with E-state index in [4.69, 9.17) is 13.9 Å². The number of likely N-dealkylation sites (tertiary alicyclic amines) is 1. The van der Waals surface area contributed by atoms with E-state index in [1.165, 1.54) is 7.11 Å². The zero-order valence-electron chi connectivity index (χ0n) is 19.7. The Kier molecular flexibility index (Phi) is 6.39. The Balaban J connectivity index is 1.34. The lowest BCUT2D eigenvalue weighted by molar-refractivity contribution is -0.146. The second kappa shape index (κ2) is 9.60. The van der Waals surface area contributed by atoms with Gasteiger partial charge in [-0.3, -0.25) is 19.4 Å². The summed E-state index contributed by atoms with van der Waals surface area (Å²) in [6.45, 7) is 6.00. The van der Waals surface area contributed by atoms with Gasteiger partial charge in [0.1, 0.15) is 24.0 Å². The van der Waals surface area contributed by atoms with E-state index in [-0.39, 0.29) is 17.4 Å². The molecule has 34 heavy (non-hydrogen) atoms. The third kappa shape index (κ3) is 4.58. The number of rotatable bonds is 5. The van der Waals surface area contributed by atoms with Crippen molar-refractivity contribution in [1.29, 1.82) is 0 Å². The fourth-order valence-electron chi connectivity index (χ4n) is 5.02. The van der Waals surface area contributed by atoms with Gasteiger partial charge in [0.2, 0.25) is 0 Å². The molecule has 2 aliphatic heterocycles. The molecule has 2 aliphatic rings. The van der Waals surface area contributed by atoms with E-state index in [9.17, 15) is 9.59 Å². The average Bonchev–Trinajstić information content (AvgIpc) is 3.20. The van der Waals surface area contributed by atoms with E-state index in [1.807, 2.05) is 31.2 Å². The molecule has 3 heterocycles. The van der Waals surface area contributed by atoms with Crippen LogP contribution in [0.4, 0.5) is 0 Å². The molecule has 3 aromatic rings. The van der Waals surface area contributed by atoms with Gasteiger partial charge in [-0.15, -0.1) is 0 Å². The SMILES string of the molecule is COC(=O)[C@@H]1CCCN1Cc1ccc2c(c1)CN(Cc1coc3ccc(C)cc3c1=O)CCO2. The van der Waals surface area contributed by atoms with E-state index in [0.29, 0.717) is 49.3 Å². The highest BCUT2D eigenvalue weighted by atomic mass is 16.5. The fraction of sp³-hybridized carbons (Fsp3) is 0.407. The second-order valence-corrected chi connectivity index (χ2v) is 9.24. The third-order valence-corrected chi connectivity index (χ3v) is 6.80. The van der Waals surface area contributed by atoms with Gasteiger partial charge < -0.3 is 13.9 Å². The molecule has 5 rings (SSSR count). The maximum atomic E-state index is 13.1. The van der Waals surface area contributed by atoms with Crippen LogP contribution in [0.15, 0.2) is 51.9 Å². The normalized spacial score (nSPS) is 18.9. The van der Waals surface area contributed by atoms with Gasteiger partial charge in [-0.2, -0.15) is 0 Å². The molecule has 0 radical (unpaired) electrons. The Hall–Kier alpha value is -3.16. The number of hydrogen-bond acceptors (Lipinski definition) is 7. The van der Waals surface area contributed by atoms with Gasteiger partial charge in [-0.1, -0.05) is 17.7 Å². The number of methoxy groups -OCH3 is 1. The Bertz CT molecular complexity index is 1270. The van der Waals surface area contributed by atoms with Gasteiger partial charge in [0, 0.05) is 37.3 Å². The Labute approximate surface area is 198 Å². The number of nitrogens with zero attached hydrogens (tertiary/aromatic N) is 2. The molecule has 0 aliphatic carbocycles. The summed E-state index contributed by atoms with van der Waals surface area (Å²) in [6, 6.07) is 11.8. The van der Waals surface area contributed by atoms with Crippen molar-refractivity contribution in [2.24, 2.45) is 0 Å². The molecular formula is C27H30N2O5. The number of fused-ring (bicyclic) bond motifs is 2. The molecule has 178 valence electrons. The highest BCUT2D eigenvalue weighted by molar-refractivity contribution is 5.77. The van der Waals surface area contributed by atoms with Crippen LogP contribution < -0.4 is 10.2 Å². The van der Waals surface area contributed by atoms with Crippen molar-refractivity contribution in [2.45, 2.75) is 45.4 Å². The van der Waals surface area contributed by atoms with Crippen molar-refractivity contribution in [2.75, 3.05) is 26.8 Å². The number of carbonyl (C=O) groups excluding carboxylic acids is 1. The first-order valence-corrected chi connectivity index (χ1v) is 11.8. The molecule has 0 unspecified atom stereocenters. The summed E-state index contributed by atoms with van der Waals surface area (Å²) in [5.74, 6) is 0.713. The van der Waals surface area contributed by atoms with Crippen molar-refractivity contribution in [3.05, 3.63) is 75.1 Å². The van der Waals surface area contributed by atoms with Crippen LogP contribution in [-0.4, -0.2) is 48.6 Å². The topological polar surface area (TPSA) is 72.2 Å². The molecule has 1 saturated heterocycles. The Morgan fingerprint density at radius 2 is 2.03 bits per heavy atom. The van der Waals surface area contributed by atoms with Gasteiger partial charge in [-0.05, 0) is 56.1 Å². The molecule has 0 spiro atoms. The van der Waals surface area contributed by atoms with Crippen LogP contribution in [-0.2, 0) is 29.2 Å². The summed E-state index contributed by atoms with van der Waals surface area (Å²) >= 11 is 0.